The Bertz CT molecular complexity index is 1840. The fourth-order valence-electron chi connectivity index (χ4n) is 4.71. The normalized spacial score (nSPS) is 11.6. The van der Waals surface area contributed by atoms with Crippen molar-refractivity contribution in [2.75, 3.05) is 5.32 Å². The molecule has 3 aromatic heterocycles. The number of anilines is 1. The first-order chi connectivity index (χ1) is 19.6. The van der Waals surface area contributed by atoms with Gasteiger partial charge in [-0.15, -0.1) is 0 Å². The lowest BCUT2D eigenvalue weighted by Gasteiger charge is -2.08. The maximum atomic E-state index is 13.4. The summed E-state index contributed by atoms with van der Waals surface area (Å²) >= 11 is 0. The Kier molecular flexibility index (Phi) is 6.72. The SMILES string of the molecule is C/C=C(/c1ccc(F)cc1)c1cnc(-c2n[nH]c3ccc(-c4cncc(NC(=O)Cc5ccccc5)c4)cc23)[nH]1. The molecule has 0 aliphatic carbocycles. The number of amides is 1. The molecule has 3 heterocycles. The minimum absolute atomic E-state index is 0.104. The smallest absolute Gasteiger partial charge is 0.228 e. The van der Waals surface area contributed by atoms with E-state index in [9.17, 15) is 9.18 Å². The van der Waals surface area contributed by atoms with Gasteiger partial charge < -0.3 is 10.3 Å². The van der Waals surface area contributed by atoms with E-state index in [4.69, 9.17) is 0 Å². The fraction of sp³-hybridized carbons (Fsp3) is 0.0625. The zero-order chi connectivity index (χ0) is 27.5. The van der Waals surface area contributed by atoms with Crippen molar-refractivity contribution in [3.63, 3.8) is 0 Å². The monoisotopic (exact) mass is 528 g/mol. The maximum absolute atomic E-state index is 13.4. The van der Waals surface area contributed by atoms with Crippen LogP contribution in [0.4, 0.5) is 10.1 Å². The van der Waals surface area contributed by atoms with Gasteiger partial charge >= 0.3 is 0 Å². The highest BCUT2D eigenvalue weighted by Gasteiger charge is 2.15. The molecule has 0 fully saturated rings. The van der Waals surface area contributed by atoms with Crippen LogP contribution in [0.25, 0.3) is 39.1 Å². The van der Waals surface area contributed by atoms with E-state index in [1.165, 1.54) is 12.1 Å². The van der Waals surface area contributed by atoms with Crippen LogP contribution >= 0.6 is 0 Å². The molecule has 196 valence electrons. The number of carbonyl (C=O) groups is 1. The largest absolute Gasteiger partial charge is 0.337 e. The van der Waals surface area contributed by atoms with Crippen LogP contribution in [-0.2, 0) is 11.2 Å². The van der Waals surface area contributed by atoms with Gasteiger partial charge in [-0.3, -0.25) is 14.9 Å². The van der Waals surface area contributed by atoms with E-state index in [0.717, 1.165) is 44.4 Å². The number of halogens is 1. The number of aromatic nitrogens is 5. The van der Waals surface area contributed by atoms with Gasteiger partial charge in [0.1, 0.15) is 11.5 Å². The van der Waals surface area contributed by atoms with Crippen LogP contribution in [0.2, 0.25) is 0 Å². The Labute approximate surface area is 229 Å². The molecular weight excluding hydrogens is 503 g/mol. The lowest BCUT2D eigenvalue weighted by atomic mass is 10.0. The third-order valence-corrected chi connectivity index (χ3v) is 6.66. The Morgan fingerprint density at radius 1 is 0.950 bits per heavy atom. The average Bonchev–Trinajstić information content (AvgIpc) is 3.62. The quantitative estimate of drug-likeness (QED) is 0.212. The number of aromatic amines is 2. The highest BCUT2D eigenvalue weighted by molar-refractivity contribution is 5.96. The highest BCUT2D eigenvalue weighted by Crippen LogP contribution is 2.31. The molecule has 0 aliphatic rings. The summed E-state index contributed by atoms with van der Waals surface area (Å²) in [4.78, 5) is 24.9. The predicted octanol–water partition coefficient (Wildman–Crippen LogP) is 6.79. The van der Waals surface area contributed by atoms with E-state index in [0.29, 0.717) is 17.2 Å². The number of allylic oxidation sites excluding steroid dienone is 1. The maximum Gasteiger partial charge on any atom is 0.228 e. The molecule has 6 aromatic rings. The number of nitrogens with one attached hydrogen (secondary N) is 3. The molecule has 40 heavy (non-hydrogen) atoms. The summed E-state index contributed by atoms with van der Waals surface area (Å²) in [6.45, 7) is 1.93. The van der Waals surface area contributed by atoms with Gasteiger partial charge in [-0.25, -0.2) is 9.37 Å². The first-order valence-electron chi connectivity index (χ1n) is 12.8. The van der Waals surface area contributed by atoms with Crippen LogP contribution in [0.1, 0.15) is 23.7 Å². The molecule has 1 amide bonds. The molecule has 7 nitrogen and oxygen atoms in total. The Morgan fingerprint density at radius 2 is 1.77 bits per heavy atom. The van der Waals surface area contributed by atoms with E-state index in [1.807, 2.05) is 67.6 Å². The summed E-state index contributed by atoms with van der Waals surface area (Å²) in [5.74, 6) is 0.228. The zero-order valence-electron chi connectivity index (χ0n) is 21.6. The van der Waals surface area contributed by atoms with Crippen molar-refractivity contribution < 1.29 is 9.18 Å². The molecule has 0 saturated heterocycles. The second-order valence-corrected chi connectivity index (χ2v) is 9.36. The van der Waals surface area contributed by atoms with Crippen LogP contribution in [0, 0.1) is 5.82 Å². The molecule has 3 aromatic carbocycles. The number of nitrogens with zero attached hydrogens (tertiary/aromatic N) is 3. The van der Waals surface area contributed by atoms with Crippen molar-refractivity contribution in [2.45, 2.75) is 13.3 Å². The van der Waals surface area contributed by atoms with Crippen LogP contribution < -0.4 is 5.32 Å². The minimum Gasteiger partial charge on any atom is -0.337 e. The molecule has 0 bridgehead atoms. The molecule has 0 spiro atoms. The van der Waals surface area contributed by atoms with Gasteiger partial charge in [-0.05, 0) is 53.9 Å². The number of benzene rings is 3. The number of imidazole rings is 1. The summed E-state index contributed by atoms with van der Waals surface area (Å²) in [7, 11) is 0. The number of H-pyrrole nitrogens is 2. The standard InChI is InChI=1S/C32H25FN6O/c1-2-26(21-8-11-24(33)12-9-21)29-19-35-32(37-29)31-27-16-22(10-13-28(27)38-39-31)23-15-25(18-34-17-23)36-30(40)14-20-6-4-3-5-7-20/h2-13,15-19H,14H2,1H3,(H,35,37)(H,36,40)(H,38,39)/b26-2-. The summed E-state index contributed by atoms with van der Waals surface area (Å²) in [6, 6.07) is 23.9. The zero-order valence-corrected chi connectivity index (χ0v) is 21.6. The molecule has 3 N–H and O–H groups in total. The van der Waals surface area contributed by atoms with E-state index < -0.39 is 0 Å². The number of hydrogen-bond donors (Lipinski definition) is 3. The van der Waals surface area contributed by atoms with E-state index in [-0.39, 0.29) is 18.1 Å². The lowest BCUT2D eigenvalue weighted by molar-refractivity contribution is -0.115. The second-order valence-electron chi connectivity index (χ2n) is 9.36. The van der Waals surface area contributed by atoms with Crippen molar-refractivity contribution in [2.24, 2.45) is 0 Å². The summed E-state index contributed by atoms with van der Waals surface area (Å²) in [5, 5.41) is 11.4. The van der Waals surface area contributed by atoms with Gasteiger partial charge in [0.15, 0.2) is 5.82 Å². The van der Waals surface area contributed by atoms with Crippen LogP contribution in [0.3, 0.4) is 0 Å². The molecule has 6 rings (SSSR count). The van der Waals surface area contributed by atoms with Gasteiger partial charge in [-0.2, -0.15) is 5.10 Å². The molecule has 0 atom stereocenters. The minimum atomic E-state index is -0.279. The molecule has 8 heteroatoms. The van der Waals surface area contributed by atoms with E-state index in [1.54, 1.807) is 30.7 Å². The van der Waals surface area contributed by atoms with Gasteiger partial charge in [0.2, 0.25) is 5.91 Å². The number of hydrogen-bond acceptors (Lipinski definition) is 4. The van der Waals surface area contributed by atoms with Crippen LogP contribution in [0.5, 0.6) is 0 Å². The fourth-order valence-corrected chi connectivity index (χ4v) is 4.71. The van der Waals surface area contributed by atoms with Gasteiger partial charge in [-0.1, -0.05) is 54.6 Å². The summed E-state index contributed by atoms with van der Waals surface area (Å²) in [5.41, 5.74) is 7.50. The lowest BCUT2D eigenvalue weighted by Crippen LogP contribution is -2.14. The van der Waals surface area contributed by atoms with Crippen molar-refractivity contribution >= 4 is 28.1 Å². The van der Waals surface area contributed by atoms with Crippen LogP contribution in [-0.4, -0.2) is 31.1 Å². The Morgan fingerprint density at radius 3 is 2.58 bits per heavy atom. The third kappa shape index (κ3) is 5.15. The van der Waals surface area contributed by atoms with Crippen LogP contribution in [0.15, 0.2) is 104 Å². The first kappa shape index (κ1) is 24.9. The van der Waals surface area contributed by atoms with Gasteiger partial charge in [0.25, 0.3) is 0 Å². The summed E-state index contributed by atoms with van der Waals surface area (Å²) in [6.07, 6.45) is 7.41. The number of pyridine rings is 1. The van der Waals surface area contributed by atoms with Crippen molar-refractivity contribution in [1.82, 2.24) is 25.1 Å². The van der Waals surface area contributed by atoms with Gasteiger partial charge in [0, 0.05) is 22.7 Å². The number of fused-ring (bicyclic) bond motifs is 1. The molecule has 0 aliphatic heterocycles. The molecule has 0 unspecified atom stereocenters. The average molecular weight is 529 g/mol. The number of rotatable bonds is 7. The predicted molar refractivity (Wildman–Crippen MR) is 155 cm³/mol. The molecule has 0 radical (unpaired) electrons. The van der Waals surface area contributed by atoms with E-state index >= 15 is 0 Å². The Balaban J connectivity index is 1.27. The van der Waals surface area contributed by atoms with Crippen molar-refractivity contribution in [1.29, 1.82) is 0 Å². The summed E-state index contributed by atoms with van der Waals surface area (Å²) < 4.78 is 13.4. The molecular formula is C32H25FN6O. The topological polar surface area (TPSA) is 99.3 Å². The molecule has 0 saturated carbocycles. The third-order valence-electron chi connectivity index (χ3n) is 6.66. The van der Waals surface area contributed by atoms with Crippen molar-refractivity contribution in [3.05, 3.63) is 126 Å². The first-order valence-corrected chi connectivity index (χ1v) is 12.8. The number of carbonyl (C=O) groups excluding carboxylic acids is 1. The van der Waals surface area contributed by atoms with Crippen molar-refractivity contribution in [3.8, 4) is 22.6 Å². The second kappa shape index (κ2) is 10.8. The van der Waals surface area contributed by atoms with E-state index in [2.05, 4.69) is 30.5 Å². The van der Waals surface area contributed by atoms with Gasteiger partial charge in [0.05, 0.1) is 35.7 Å². The Hall–Kier alpha value is -5.37. The highest BCUT2D eigenvalue weighted by atomic mass is 19.1.